The molecular formula is C16H14Cl3NO3. The van der Waals surface area contributed by atoms with Crippen molar-refractivity contribution in [2.24, 2.45) is 0 Å². The maximum atomic E-state index is 11.2. The number of anilines is 1. The summed E-state index contributed by atoms with van der Waals surface area (Å²) in [5.74, 6) is -0.431. The largest absolute Gasteiger partial charge is 0.493 e. The molecule has 0 saturated carbocycles. The third-order valence-corrected chi connectivity index (χ3v) is 3.62. The Labute approximate surface area is 148 Å². The fourth-order valence-electron chi connectivity index (χ4n) is 1.94. The van der Waals surface area contributed by atoms with Gasteiger partial charge >= 0.3 is 5.97 Å². The van der Waals surface area contributed by atoms with Gasteiger partial charge in [-0.25, -0.2) is 4.79 Å². The molecule has 7 heteroatoms. The Morgan fingerprint density at radius 3 is 2.39 bits per heavy atom. The number of hydrogen-bond donors (Lipinski definition) is 2. The van der Waals surface area contributed by atoms with Crippen LogP contribution in [-0.2, 0) is 0 Å². The molecule has 2 aromatic rings. The van der Waals surface area contributed by atoms with Crippen LogP contribution >= 0.6 is 34.8 Å². The van der Waals surface area contributed by atoms with Gasteiger partial charge in [-0.1, -0.05) is 34.8 Å². The zero-order chi connectivity index (χ0) is 16.8. The fourth-order valence-corrected chi connectivity index (χ4v) is 2.62. The first-order chi connectivity index (χ1) is 11.0. The number of nitrogens with one attached hydrogen (secondary N) is 1. The van der Waals surface area contributed by atoms with E-state index in [1.165, 1.54) is 6.07 Å². The molecule has 0 aromatic heterocycles. The van der Waals surface area contributed by atoms with E-state index in [9.17, 15) is 4.79 Å². The number of hydrogen-bond acceptors (Lipinski definition) is 3. The van der Waals surface area contributed by atoms with Crippen LogP contribution in [0.5, 0.6) is 5.75 Å². The second-order valence-electron chi connectivity index (χ2n) is 4.73. The molecule has 0 bridgehead atoms. The lowest BCUT2D eigenvalue weighted by Gasteiger charge is -2.11. The van der Waals surface area contributed by atoms with Gasteiger partial charge in [0.15, 0.2) is 0 Å². The smallest absolute Gasteiger partial charge is 0.337 e. The number of carboxylic acids is 1. The summed E-state index contributed by atoms with van der Waals surface area (Å²) < 4.78 is 5.56. The predicted molar refractivity (Wildman–Crippen MR) is 93.5 cm³/mol. The first kappa shape index (κ1) is 17.7. The summed E-state index contributed by atoms with van der Waals surface area (Å²) in [7, 11) is 0. The van der Waals surface area contributed by atoms with Crippen LogP contribution in [0.15, 0.2) is 36.4 Å². The van der Waals surface area contributed by atoms with E-state index >= 15 is 0 Å². The minimum atomic E-state index is -1.03. The topological polar surface area (TPSA) is 58.6 Å². The molecule has 2 rings (SSSR count). The molecule has 0 atom stereocenters. The second kappa shape index (κ2) is 8.29. The van der Waals surface area contributed by atoms with Crippen molar-refractivity contribution in [3.63, 3.8) is 0 Å². The van der Waals surface area contributed by atoms with Gasteiger partial charge in [0.25, 0.3) is 0 Å². The molecule has 0 spiro atoms. The number of rotatable bonds is 7. The summed E-state index contributed by atoms with van der Waals surface area (Å²) in [6.45, 7) is 0.996. The first-order valence-corrected chi connectivity index (χ1v) is 7.95. The summed E-state index contributed by atoms with van der Waals surface area (Å²) in [5, 5.41) is 13.6. The SMILES string of the molecule is O=C(O)c1cc(Cl)ccc1NCCCOc1cc(Cl)cc(Cl)c1. The van der Waals surface area contributed by atoms with E-state index < -0.39 is 5.97 Å². The highest BCUT2D eigenvalue weighted by atomic mass is 35.5. The fraction of sp³-hybridized carbons (Fsp3) is 0.188. The van der Waals surface area contributed by atoms with E-state index in [0.717, 1.165) is 0 Å². The number of ether oxygens (including phenoxy) is 1. The van der Waals surface area contributed by atoms with Crippen molar-refractivity contribution in [2.75, 3.05) is 18.5 Å². The molecule has 0 aliphatic carbocycles. The highest BCUT2D eigenvalue weighted by Crippen LogP contribution is 2.24. The van der Waals surface area contributed by atoms with Gasteiger partial charge in [0, 0.05) is 27.3 Å². The lowest BCUT2D eigenvalue weighted by atomic mass is 10.2. The van der Waals surface area contributed by atoms with Gasteiger partial charge < -0.3 is 15.2 Å². The van der Waals surface area contributed by atoms with Gasteiger partial charge in [0.1, 0.15) is 5.75 Å². The summed E-state index contributed by atoms with van der Waals surface area (Å²) in [6, 6.07) is 9.69. The highest BCUT2D eigenvalue weighted by Gasteiger charge is 2.10. The van der Waals surface area contributed by atoms with Crippen molar-refractivity contribution >= 4 is 46.5 Å². The summed E-state index contributed by atoms with van der Waals surface area (Å²) in [5.41, 5.74) is 0.660. The molecule has 122 valence electrons. The zero-order valence-corrected chi connectivity index (χ0v) is 14.3. The Hall–Kier alpha value is -1.62. The molecule has 0 unspecified atom stereocenters. The van der Waals surface area contributed by atoms with Gasteiger partial charge in [-0.3, -0.25) is 0 Å². The summed E-state index contributed by atoms with van der Waals surface area (Å²) in [4.78, 5) is 11.2. The van der Waals surface area contributed by atoms with E-state index in [0.29, 0.717) is 46.1 Å². The van der Waals surface area contributed by atoms with Crippen molar-refractivity contribution in [3.05, 3.63) is 57.0 Å². The number of carboxylic acid groups (broad SMARTS) is 1. The molecule has 0 heterocycles. The van der Waals surface area contributed by atoms with Crippen LogP contribution in [0.25, 0.3) is 0 Å². The van der Waals surface area contributed by atoms with Gasteiger partial charge in [0.2, 0.25) is 0 Å². The molecule has 23 heavy (non-hydrogen) atoms. The average Bonchev–Trinajstić information content (AvgIpc) is 2.47. The van der Waals surface area contributed by atoms with Crippen molar-refractivity contribution in [1.82, 2.24) is 0 Å². The van der Waals surface area contributed by atoms with Crippen LogP contribution in [0.3, 0.4) is 0 Å². The maximum Gasteiger partial charge on any atom is 0.337 e. The standard InChI is InChI=1S/C16H14Cl3NO3/c17-10-2-3-15(14(9-10)16(21)22)20-4-1-5-23-13-7-11(18)6-12(19)8-13/h2-3,6-9,20H,1,4-5H2,(H,21,22). The van der Waals surface area contributed by atoms with E-state index in [1.807, 2.05) is 0 Å². The van der Waals surface area contributed by atoms with Gasteiger partial charge in [-0.2, -0.15) is 0 Å². The number of carbonyl (C=O) groups is 1. The van der Waals surface area contributed by atoms with E-state index in [1.54, 1.807) is 30.3 Å². The zero-order valence-electron chi connectivity index (χ0n) is 12.0. The Balaban J connectivity index is 1.83. The third-order valence-electron chi connectivity index (χ3n) is 2.95. The normalized spacial score (nSPS) is 10.4. The number of aromatic carboxylic acids is 1. The van der Waals surface area contributed by atoms with Crippen LogP contribution in [0.2, 0.25) is 15.1 Å². The molecule has 0 aliphatic rings. The maximum absolute atomic E-state index is 11.2. The lowest BCUT2D eigenvalue weighted by Crippen LogP contribution is -2.10. The van der Waals surface area contributed by atoms with Crippen LogP contribution in [0, 0.1) is 0 Å². The molecular weight excluding hydrogens is 361 g/mol. The van der Waals surface area contributed by atoms with Crippen LogP contribution in [-0.4, -0.2) is 24.2 Å². The molecule has 0 fully saturated rings. The second-order valence-corrected chi connectivity index (χ2v) is 6.04. The van der Waals surface area contributed by atoms with Crippen LogP contribution < -0.4 is 10.1 Å². The average molecular weight is 375 g/mol. The summed E-state index contributed by atoms with van der Waals surface area (Å²) >= 11 is 17.6. The van der Waals surface area contributed by atoms with E-state index in [-0.39, 0.29) is 5.56 Å². The van der Waals surface area contributed by atoms with Crippen molar-refractivity contribution in [2.45, 2.75) is 6.42 Å². The predicted octanol–water partition coefficient (Wildman–Crippen LogP) is 5.23. The molecule has 2 N–H and O–H groups in total. The van der Waals surface area contributed by atoms with Crippen LogP contribution in [0.4, 0.5) is 5.69 Å². The Bertz CT molecular complexity index is 687. The quantitative estimate of drug-likeness (QED) is 0.652. The number of halogens is 3. The Morgan fingerprint density at radius 2 is 1.74 bits per heavy atom. The molecule has 0 aliphatic heterocycles. The van der Waals surface area contributed by atoms with Crippen LogP contribution in [0.1, 0.15) is 16.8 Å². The number of benzene rings is 2. The lowest BCUT2D eigenvalue weighted by molar-refractivity contribution is 0.0698. The summed E-state index contributed by atoms with van der Waals surface area (Å²) in [6.07, 6.45) is 0.672. The van der Waals surface area contributed by atoms with E-state index in [2.05, 4.69) is 5.32 Å². The highest BCUT2D eigenvalue weighted by molar-refractivity contribution is 6.34. The molecule has 2 aromatic carbocycles. The Morgan fingerprint density at radius 1 is 1.04 bits per heavy atom. The van der Waals surface area contributed by atoms with Crippen molar-refractivity contribution in [1.29, 1.82) is 0 Å². The minimum absolute atomic E-state index is 0.139. The Kier molecular flexibility index (Phi) is 6.39. The van der Waals surface area contributed by atoms with Gasteiger partial charge in [-0.15, -0.1) is 0 Å². The molecule has 4 nitrogen and oxygen atoms in total. The van der Waals surface area contributed by atoms with Gasteiger partial charge in [-0.05, 0) is 42.8 Å². The van der Waals surface area contributed by atoms with Gasteiger partial charge in [0.05, 0.1) is 12.2 Å². The molecule has 0 radical (unpaired) electrons. The molecule has 0 amide bonds. The third kappa shape index (κ3) is 5.50. The van der Waals surface area contributed by atoms with Crippen molar-refractivity contribution < 1.29 is 14.6 Å². The van der Waals surface area contributed by atoms with E-state index in [4.69, 9.17) is 44.6 Å². The van der Waals surface area contributed by atoms with Crippen molar-refractivity contribution in [3.8, 4) is 5.75 Å². The molecule has 0 saturated heterocycles. The first-order valence-electron chi connectivity index (χ1n) is 6.81. The monoisotopic (exact) mass is 373 g/mol. The minimum Gasteiger partial charge on any atom is -0.493 e.